The maximum atomic E-state index is 5.31. The molecule has 106 valence electrons. The maximum Gasteiger partial charge on any atom is 0.119 e. The largest absolute Gasteiger partial charge is 0.497 e. The average molecular weight is 262 g/mol. The van der Waals surface area contributed by atoms with Crippen LogP contribution >= 0.6 is 0 Å². The van der Waals surface area contributed by atoms with Crippen LogP contribution in [0, 0.1) is 0 Å². The number of ether oxygens (including phenoxy) is 1. The lowest BCUT2D eigenvalue weighted by Gasteiger charge is -2.40. The first-order valence-electron chi connectivity index (χ1n) is 7.37. The fraction of sp³-hybridized carbons (Fsp3) is 0.625. The van der Waals surface area contributed by atoms with Crippen LogP contribution in [0.5, 0.6) is 5.75 Å². The second-order valence-electron chi connectivity index (χ2n) is 5.36. The van der Waals surface area contributed by atoms with Crippen LogP contribution in [-0.2, 0) is 6.54 Å². The van der Waals surface area contributed by atoms with Gasteiger partial charge in [-0.05, 0) is 30.5 Å². The molecule has 0 aliphatic carbocycles. The van der Waals surface area contributed by atoms with E-state index in [0.29, 0.717) is 12.1 Å². The topological polar surface area (TPSA) is 24.5 Å². The number of nitrogens with one attached hydrogen (secondary N) is 1. The van der Waals surface area contributed by atoms with Crippen LogP contribution in [0.2, 0.25) is 0 Å². The molecule has 1 aromatic carbocycles. The van der Waals surface area contributed by atoms with Gasteiger partial charge < -0.3 is 10.1 Å². The smallest absolute Gasteiger partial charge is 0.119 e. The van der Waals surface area contributed by atoms with Gasteiger partial charge in [0.25, 0.3) is 0 Å². The van der Waals surface area contributed by atoms with Gasteiger partial charge in [-0.3, -0.25) is 4.90 Å². The zero-order chi connectivity index (χ0) is 13.7. The molecule has 19 heavy (non-hydrogen) atoms. The zero-order valence-corrected chi connectivity index (χ0v) is 12.4. The van der Waals surface area contributed by atoms with Crippen molar-refractivity contribution in [2.45, 2.75) is 45.3 Å². The third-order valence-electron chi connectivity index (χ3n) is 4.10. The first kappa shape index (κ1) is 14.4. The Labute approximate surface area is 116 Å². The Morgan fingerprint density at radius 2 is 2.16 bits per heavy atom. The molecule has 0 saturated carbocycles. The van der Waals surface area contributed by atoms with E-state index in [9.17, 15) is 0 Å². The molecule has 1 heterocycles. The van der Waals surface area contributed by atoms with Crippen molar-refractivity contribution in [1.82, 2.24) is 10.2 Å². The van der Waals surface area contributed by atoms with Crippen molar-refractivity contribution >= 4 is 0 Å². The van der Waals surface area contributed by atoms with Gasteiger partial charge in [0.1, 0.15) is 5.75 Å². The molecule has 1 N–H and O–H groups in total. The highest BCUT2D eigenvalue weighted by Gasteiger charge is 2.25. The first-order valence-corrected chi connectivity index (χ1v) is 7.37. The van der Waals surface area contributed by atoms with Crippen molar-refractivity contribution in [3.63, 3.8) is 0 Å². The summed E-state index contributed by atoms with van der Waals surface area (Å²) in [5.74, 6) is 0.952. The van der Waals surface area contributed by atoms with E-state index < -0.39 is 0 Å². The molecule has 1 saturated heterocycles. The van der Waals surface area contributed by atoms with Crippen molar-refractivity contribution in [3.8, 4) is 5.75 Å². The molecule has 1 aliphatic heterocycles. The van der Waals surface area contributed by atoms with E-state index in [0.717, 1.165) is 25.4 Å². The molecule has 0 spiro atoms. The minimum Gasteiger partial charge on any atom is -0.497 e. The predicted octanol–water partition coefficient (Wildman–Crippen LogP) is 2.66. The Kier molecular flexibility index (Phi) is 5.23. The molecule has 2 atom stereocenters. The molecule has 2 rings (SSSR count). The summed E-state index contributed by atoms with van der Waals surface area (Å²) in [6, 6.07) is 9.71. The van der Waals surface area contributed by atoms with E-state index in [-0.39, 0.29) is 0 Å². The SMILES string of the molecule is CCC1CN(Cc2cccc(OC)c2)C(CC)CN1. The van der Waals surface area contributed by atoms with Gasteiger partial charge in [-0.2, -0.15) is 0 Å². The molecule has 3 nitrogen and oxygen atoms in total. The van der Waals surface area contributed by atoms with Gasteiger partial charge in [-0.15, -0.1) is 0 Å². The van der Waals surface area contributed by atoms with Gasteiger partial charge in [-0.1, -0.05) is 26.0 Å². The molecule has 0 radical (unpaired) electrons. The Morgan fingerprint density at radius 1 is 1.32 bits per heavy atom. The van der Waals surface area contributed by atoms with Gasteiger partial charge in [0.15, 0.2) is 0 Å². The summed E-state index contributed by atoms with van der Waals surface area (Å²) in [5, 5.41) is 3.64. The molecule has 3 heteroatoms. The first-order chi connectivity index (χ1) is 9.26. The fourth-order valence-electron chi connectivity index (χ4n) is 2.80. The van der Waals surface area contributed by atoms with Crippen LogP contribution in [0.1, 0.15) is 32.3 Å². The van der Waals surface area contributed by atoms with Crippen LogP contribution in [0.4, 0.5) is 0 Å². The van der Waals surface area contributed by atoms with Crippen molar-refractivity contribution < 1.29 is 4.74 Å². The van der Waals surface area contributed by atoms with Crippen molar-refractivity contribution in [1.29, 1.82) is 0 Å². The Bertz CT molecular complexity index is 394. The van der Waals surface area contributed by atoms with E-state index in [4.69, 9.17) is 4.74 Å². The molecule has 0 amide bonds. The Balaban J connectivity index is 2.05. The highest BCUT2D eigenvalue weighted by molar-refractivity contribution is 5.28. The third kappa shape index (κ3) is 3.71. The van der Waals surface area contributed by atoms with Gasteiger partial charge in [0, 0.05) is 31.7 Å². The average Bonchev–Trinajstić information content (AvgIpc) is 2.47. The summed E-state index contributed by atoms with van der Waals surface area (Å²) in [7, 11) is 1.73. The number of hydrogen-bond acceptors (Lipinski definition) is 3. The second kappa shape index (κ2) is 6.92. The molecule has 0 bridgehead atoms. The van der Waals surface area contributed by atoms with Crippen molar-refractivity contribution in [3.05, 3.63) is 29.8 Å². The number of benzene rings is 1. The molecular formula is C16H26N2O. The fourth-order valence-corrected chi connectivity index (χ4v) is 2.80. The normalized spacial score (nSPS) is 24.4. The van der Waals surface area contributed by atoms with Crippen LogP contribution in [0.15, 0.2) is 24.3 Å². The van der Waals surface area contributed by atoms with Crippen LogP contribution in [0.3, 0.4) is 0 Å². The highest BCUT2D eigenvalue weighted by atomic mass is 16.5. The van der Waals surface area contributed by atoms with Crippen LogP contribution < -0.4 is 10.1 Å². The number of nitrogens with zero attached hydrogens (tertiary/aromatic N) is 1. The lowest BCUT2D eigenvalue weighted by Crippen LogP contribution is -2.55. The quantitative estimate of drug-likeness (QED) is 0.883. The van der Waals surface area contributed by atoms with E-state index in [1.165, 1.54) is 18.4 Å². The van der Waals surface area contributed by atoms with Gasteiger partial charge in [-0.25, -0.2) is 0 Å². The minimum atomic E-state index is 0.633. The lowest BCUT2D eigenvalue weighted by molar-refractivity contribution is 0.117. The van der Waals surface area contributed by atoms with E-state index in [1.54, 1.807) is 7.11 Å². The highest BCUT2D eigenvalue weighted by Crippen LogP contribution is 2.19. The van der Waals surface area contributed by atoms with Crippen molar-refractivity contribution in [2.24, 2.45) is 0 Å². The van der Waals surface area contributed by atoms with E-state index >= 15 is 0 Å². The summed E-state index contributed by atoms with van der Waals surface area (Å²) in [5.41, 5.74) is 1.34. The van der Waals surface area contributed by atoms with Crippen LogP contribution in [-0.4, -0.2) is 37.2 Å². The number of piperazine rings is 1. The van der Waals surface area contributed by atoms with E-state index in [1.807, 2.05) is 6.07 Å². The van der Waals surface area contributed by atoms with Gasteiger partial charge >= 0.3 is 0 Å². The second-order valence-corrected chi connectivity index (χ2v) is 5.36. The van der Waals surface area contributed by atoms with Crippen molar-refractivity contribution in [2.75, 3.05) is 20.2 Å². The number of methoxy groups -OCH3 is 1. The standard InChI is InChI=1S/C16H26N2O/c1-4-14-12-18(15(5-2)10-17-14)11-13-7-6-8-16(9-13)19-3/h6-9,14-15,17H,4-5,10-12H2,1-3H3. The maximum absolute atomic E-state index is 5.31. The summed E-state index contributed by atoms with van der Waals surface area (Å²) < 4.78 is 5.31. The molecule has 1 aromatic rings. The number of hydrogen-bond donors (Lipinski definition) is 1. The summed E-state index contributed by atoms with van der Waals surface area (Å²) >= 11 is 0. The summed E-state index contributed by atoms with van der Waals surface area (Å²) in [6.07, 6.45) is 2.40. The minimum absolute atomic E-state index is 0.633. The summed E-state index contributed by atoms with van der Waals surface area (Å²) in [6.45, 7) is 7.81. The van der Waals surface area contributed by atoms with E-state index in [2.05, 4.69) is 42.3 Å². The number of rotatable bonds is 5. The molecule has 2 unspecified atom stereocenters. The van der Waals surface area contributed by atoms with Gasteiger partial charge in [0.2, 0.25) is 0 Å². The lowest BCUT2D eigenvalue weighted by atomic mass is 10.0. The molecular weight excluding hydrogens is 236 g/mol. The molecule has 0 aromatic heterocycles. The Hall–Kier alpha value is -1.06. The predicted molar refractivity (Wildman–Crippen MR) is 79.6 cm³/mol. The third-order valence-corrected chi connectivity index (χ3v) is 4.10. The van der Waals surface area contributed by atoms with Gasteiger partial charge in [0.05, 0.1) is 7.11 Å². The Morgan fingerprint density at radius 3 is 2.84 bits per heavy atom. The monoisotopic (exact) mass is 262 g/mol. The van der Waals surface area contributed by atoms with Crippen LogP contribution in [0.25, 0.3) is 0 Å². The zero-order valence-electron chi connectivity index (χ0n) is 12.4. The molecule has 1 aliphatic rings. The summed E-state index contributed by atoms with van der Waals surface area (Å²) in [4.78, 5) is 2.61. The molecule has 1 fully saturated rings.